The number of benzene rings is 3. The number of allylic oxidation sites excluding steroid dienone is 2. The summed E-state index contributed by atoms with van der Waals surface area (Å²) in [6, 6.07) is 19.6. The summed E-state index contributed by atoms with van der Waals surface area (Å²) in [7, 11) is 0. The van der Waals surface area contributed by atoms with E-state index in [0.717, 1.165) is 17.4 Å². The first-order valence-corrected chi connectivity index (χ1v) is 7.17. The van der Waals surface area contributed by atoms with Gasteiger partial charge in [-0.15, -0.1) is 0 Å². The largest absolute Gasteiger partial charge is 0.206 e. The summed E-state index contributed by atoms with van der Waals surface area (Å²) < 4.78 is 14.0. The molecule has 0 aromatic heterocycles. The molecule has 0 nitrogen and oxygen atoms in total. The van der Waals surface area contributed by atoms with E-state index in [4.69, 9.17) is 0 Å². The average molecular weight is 273 g/mol. The van der Waals surface area contributed by atoms with E-state index in [9.17, 15) is 4.39 Å². The van der Waals surface area contributed by atoms with Crippen LogP contribution in [0.5, 0.6) is 0 Å². The van der Waals surface area contributed by atoms with Gasteiger partial charge in [0.05, 0.1) is 0 Å². The second-order valence-electron chi connectivity index (χ2n) is 5.39. The lowest BCUT2D eigenvalue weighted by atomic mass is 9.81. The zero-order chi connectivity index (χ0) is 14.2. The van der Waals surface area contributed by atoms with E-state index in [1.54, 1.807) is 6.07 Å². The highest BCUT2D eigenvalue weighted by Gasteiger charge is 2.20. The second-order valence-corrected chi connectivity index (χ2v) is 5.39. The van der Waals surface area contributed by atoms with Crippen LogP contribution in [0.25, 0.3) is 10.8 Å². The molecule has 0 N–H and O–H groups in total. The Kier molecular flexibility index (Phi) is 2.85. The third kappa shape index (κ3) is 1.97. The van der Waals surface area contributed by atoms with Gasteiger partial charge in [-0.1, -0.05) is 60.7 Å². The quantitative estimate of drug-likeness (QED) is 0.583. The van der Waals surface area contributed by atoms with Gasteiger partial charge in [0.15, 0.2) is 0 Å². The lowest BCUT2D eigenvalue weighted by Crippen LogP contribution is -2.07. The van der Waals surface area contributed by atoms with Crippen molar-refractivity contribution in [2.45, 2.75) is 12.3 Å². The van der Waals surface area contributed by atoms with Crippen molar-refractivity contribution in [3.63, 3.8) is 0 Å². The fourth-order valence-electron chi connectivity index (χ4n) is 3.17. The van der Waals surface area contributed by atoms with Crippen LogP contribution in [0.1, 0.15) is 22.6 Å². The molecule has 3 aromatic carbocycles. The molecule has 101 valence electrons. The van der Waals surface area contributed by atoms with E-state index >= 15 is 0 Å². The summed E-state index contributed by atoms with van der Waals surface area (Å²) in [5.41, 5.74) is 3.72. The van der Waals surface area contributed by atoms with E-state index in [0.29, 0.717) is 5.39 Å². The third-order valence-corrected chi connectivity index (χ3v) is 4.19. The highest BCUT2D eigenvalue weighted by Crippen LogP contribution is 2.36. The lowest BCUT2D eigenvalue weighted by Gasteiger charge is -2.22. The maximum Gasteiger partial charge on any atom is 0.131 e. The van der Waals surface area contributed by atoms with Gasteiger partial charge < -0.3 is 0 Å². The van der Waals surface area contributed by atoms with Crippen molar-refractivity contribution in [3.05, 3.63) is 95.3 Å². The molecule has 0 aliphatic heterocycles. The molecule has 0 fully saturated rings. The van der Waals surface area contributed by atoms with E-state index in [2.05, 4.69) is 36.4 Å². The van der Waals surface area contributed by atoms with Crippen LogP contribution in [-0.4, -0.2) is 0 Å². The van der Waals surface area contributed by atoms with E-state index in [1.165, 1.54) is 11.1 Å². The maximum atomic E-state index is 14.0. The van der Waals surface area contributed by atoms with Crippen molar-refractivity contribution in [3.8, 4) is 0 Å². The fraction of sp³-hybridized carbons (Fsp3) is 0.100. The number of hydrogen-bond donors (Lipinski definition) is 0. The maximum absolute atomic E-state index is 14.0. The molecule has 0 heterocycles. The molecule has 1 aliphatic carbocycles. The minimum atomic E-state index is -0.164. The normalized spacial score (nSPS) is 16.9. The van der Waals surface area contributed by atoms with Crippen molar-refractivity contribution in [2.24, 2.45) is 0 Å². The van der Waals surface area contributed by atoms with Crippen LogP contribution in [-0.2, 0) is 6.42 Å². The summed E-state index contributed by atoms with van der Waals surface area (Å²) in [4.78, 5) is 0. The predicted molar refractivity (Wildman–Crippen MR) is 83.7 cm³/mol. The SMILES string of the molecule is Fc1ccc(C2[C]=CCc3ccccc32)c2ccccc12. The van der Waals surface area contributed by atoms with Gasteiger partial charge in [-0.3, -0.25) is 0 Å². The summed E-state index contributed by atoms with van der Waals surface area (Å²) in [6.45, 7) is 0. The Morgan fingerprint density at radius 1 is 0.810 bits per heavy atom. The molecule has 4 rings (SSSR count). The number of halogens is 1. The van der Waals surface area contributed by atoms with Gasteiger partial charge in [0.25, 0.3) is 0 Å². The van der Waals surface area contributed by atoms with Crippen molar-refractivity contribution in [1.82, 2.24) is 0 Å². The number of fused-ring (bicyclic) bond motifs is 2. The molecule has 1 atom stereocenters. The van der Waals surface area contributed by atoms with Gasteiger partial charge in [0.2, 0.25) is 0 Å². The molecule has 1 unspecified atom stereocenters. The standard InChI is InChI=1S/C20H14F/c21-20-13-12-18(17-9-3-4-10-19(17)20)16-11-5-7-14-6-1-2-8-15(14)16/h1-6,8-10,12-13,16H,7H2. The number of rotatable bonds is 1. The molecule has 0 spiro atoms. The lowest BCUT2D eigenvalue weighted by molar-refractivity contribution is 0.639. The Morgan fingerprint density at radius 3 is 2.48 bits per heavy atom. The van der Waals surface area contributed by atoms with Crippen LogP contribution in [0.2, 0.25) is 0 Å². The summed E-state index contributed by atoms with van der Waals surface area (Å²) >= 11 is 0. The van der Waals surface area contributed by atoms with Gasteiger partial charge in [-0.2, -0.15) is 0 Å². The molecule has 1 heteroatoms. The van der Waals surface area contributed by atoms with Gasteiger partial charge in [-0.25, -0.2) is 4.39 Å². The Bertz CT molecular complexity index is 845. The van der Waals surface area contributed by atoms with Crippen molar-refractivity contribution in [1.29, 1.82) is 0 Å². The Labute approximate surface area is 123 Å². The minimum Gasteiger partial charge on any atom is -0.206 e. The topological polar surface area (TPSA) is 0 Å². The molecule has 21 heavy (non-hydrogen) atoms. The summed E-state index contributed by atoms with van der Waals surface area (Å²) in [6.07, 6.45) is 6.47. The smallest absolute Gasteiger partial charge is 0.131 e. The van der Waals surface area contributed by atoms with E-state index in [1.807, 2.05) is 30.3 Å². The van der Waals surface area contributed by atoms with Gasteiger partial charge in [0, 0.05) is 11.3 Å². The van der Waals surface area contributed by atoms with Crippen LogP contribution in [0, 0.1) is 11.9 Å². The third-order valence-electron chi connectivity index (χ3n) is 4.19. The molecule has 0 bridgehead atoms. The van der Waals surface area contributed by atoms with Gasteiger partial charge in [0.1, 0.15) is 5.82 Å². The van der Waals surface area contributed by atoms with Gasteiger partial charge >= 0.3 is 0 Å². The molecular weight excluding hydrogens is 259 g/mol. The molecule has 0 saturated heterocycles. The van der Waals surface area contributed by atoms with Crippen LogP contribution in [0.3, 0.4) is 0 Å². The fourth-order valence-corrected chi connectivity index (χ4v) is 3.17. The first-order valence-electron chi connectivity index (χ1n) is 7.17. The van der Waals surface area contributed by atoms with Crippen LogP contribution in [0.4, 0.5) is 4.39 Å². The molecule has 1 radical (unpaired) electrons. The van der Waals surface area contributed by atoms with Crippen LogP contribution in [0.15, 0.2) is 66.7 Å². The molecule has 3 aromatic rings. The van der Waals surface area contributed by atoms with Crippen LogP contribution >= 0.6 is 0 Å². The molecular formula is C20H14F. The first-order chi connectivity index (χ1) is 10.3. The summed E-state index contributed by atoms with van der Waals surface area (Å²) in [5.74, 6) is -0.0807. The minimum absolute atomic E-state index is 0.0837. The molecule has 1 aliphatic rings. The molecule has 0 saturated carbocycles. The van der Waals surface area contributed by atoms with E-state index < -0.39 is 0 Å². The Hall–Kier alpha value is -2.41. The van der Waals surface area contributed by atoms with Crippen molar-refractivity contribution >= 4 is 10.8 Å². The Balaban J connectivity index is 1.97. The predicted octanol–water partition coefficient (Wildman–Crippen LogP) is 5.03. The van der Waals surface area contributed by atoms with Crippen LogP contribution < -0.4 is 0 Å². The van der Waals surface area contributed by atoms with E-state index in [-0.39, 0.29) is 11.7 Å². The molecule has 0 amide bonds. The second kappa shape index (κ2) is 4.85. The summed E-state index contributed by atoms with van der Waals surface area (Å²) in [5, 5.41) is 1.65. The zero-order valence-electron chi connectivity index (χ0n) is 11.5. The Morgan fingerprint density at radius 2 is 1.57 bits per heavy atom. The van der Waals surface area contributed by atoms with Crippen molar-refractivity contribution < 1.29 is 4.39 Å². The number of hydrogen-bond acceptors (Lipinski definition) is 0. The highest BCUT2D eigenvalue weighted by atomic mass is 19.1. The average Bonchev–Trinajstić information content (AvgIpc) is 2.55. The van der Waals surface area contributed by atoms with Gasteiger partial charge in [-0.05, 0) is 40.6 Å². The highest BCUT2D eigenvalue weighted by molar-refractivity contribution is 5.87. The first kappa shape index (κ1) is 12.3. The van der Waals surface area contributed by atoms with Crippen molar-refractivity contribution in [2.75, 3.05) is 0 Å². The zero-order valence-corrected chi connectivity index (χ0v) is 11.5. The monoisotopic (exact) mass is 273 g/mol.